The van der Waals surface area contributed by atoms with Gasteiger partial charge < -0.3 is 9.80 Å². The largest absolute Gasteiger partial charge is 0.347 e. The highest BCUT2D eigenvalue weighted by molar-refractivity contribution is 6.28. The number of hydrogen-bond acceptors (Lipinski definition) is 6. The first-order valence-electron chi connectivity index (χ1n) is 5.71. The molecule has 0 aliphatic rings. The number of nitriles is 1. The highest BCUT2D eigenvalue weighted by Crippen LogP contribution is 2.16. The summed E-state index contributed by atoms with van der Waals surface area (Å²) in [4.78, 5) is 16.1. The Kier molecular flexibility index (Phi) is 5.10. The molecule has 0 bridgehead atoms. The molecule has 0 saturated heterocycles. The van der Waals surface area contributed by atoms with E-state index in [0.717, 1.165) is 0 Å². The maximum atomic E-state index is 8.86. The lowest BCUT2D eigenvalue weighted by molar-refractivity contribution is 0.668. The standard InChI is InChI=1S/C11H17ClN6/c1-5-18(7-8(2)6-13)11-15-9(12)14-10(16-11)17(3)4/h8H,5,7H2,1-4H3. The number of nitrogens with zero attached hydrogens (tertiary/aromatic N) is 6. The summed E-state index contributed by atoms with van der Waals surface area (Å²) in [5, 5.41) is 9.02. The Balaban J connectivity index is 3.02. The van der Waals surface area contributed by atoms with E-state index >= 15 is 0 Å². The van der Waals surface area contributed by atoms with Crippen molar-refractivity contribution in [2.24, 2.45) is 5.92 Å². The molecule has 0 saturated carbocycles. The Labute approximate surface area is 112 Å². The van der Waals surface area contributed by atoms with Crippen molar-refractivity contribution < 1.29 is 0 Å². The summed E-state index contributed by atoms with van der Waals surface area (Å²) in [6.07, 6.45) is 0. The van der Waals surface area contributed by atoms with E-state index in [9.17, 15) is 0 Å². The Morgan fingerprint density at radius 3 is 2.39 bits per heavy atom. The van der Waals surface area contributed by atoms with Gasteiger partial charge in [-0.05, 0) is 25.4 Å². The molecule has 0 spiro atoms. The number of anilines is 2. The van der Waals surface area contributed by atoms with E-state index < -0.39 is 0 Å². The van der Waals surface area contributed by atoms with Crippen molar-refractivity contribution in [1.82, 2.24) is 15.0 Å². The van der Waals surface area contributed by atoms with Crippen molar-refractivity contribution in [3.63, 3.8) is 0 Å². The van der Waals surface area contributed by atoms with Crippen LogP contribution < -0.4 is 9.80 Å². The lowest BCUT2D eigenvalue weighted by atomic mass is 10.2. The van der Waals surface area contributed by atoms with E-state index in [1.807, 2.05) is 32.8 Å². The first-order chi connectivity index (χ1) is 8.47. The molecule has 1 unspecified atom stereocenters. The lowest BCUT2D eigenvalue weighted by Crippen LogP contribution is -2.30. The number of rotatable bonds is 5. The molecule has 0 radical (unpaired) electrons. The third-order valence-corrected chi connectivity index (χ3v) is 2.53. The molecule has 1 rings (SSSR count). The summed E-state index contributed by atoms with van der Waals surface area (Å²) in [5.74, 6) is 0.916. The predicted molar refractivity (Wildman–Crippen MR) is 71.8 cm³/mol. The molecule has 0 aromatic carbocycles. The predicted octanol–water partition coefficient (Wildman–Crippen LogP) is 1.58. The van der Waals surface area contributed by atoms with Gasteiger partial charge in [0.15, 0.2) is 0 Å². The molecule has 0 fully saturated rings. The van der Waals surface area contributed by atoms with Gasteiger partial charge in [0.05, 0.1) is 12.0 Å². The van der Waals surface area contributed by atoms with E-state index in [-0.39, 0.29) is 11.2 Å². The van der Waals surface area contributed by atoms with E-state index in [0.29, 0.717) is 25.0 Å². The van der Waals surface area contributed by atoms with E-state index in [1.165, 1.54) is 0 Å². The average Bonchev–Trinajstić information content (AvgIpc) is 2.34. The molecule has 0 amide bonds. The summed E-state index contributed by atoms with van der Waals surface area (Å²) in [6, 6.07) is 2.20. The normalized spacial score (nSPS) is 11.8. The first kappa shape index (κ1) is 14.5. The van der Waals surface area contributed by atoms with Crippen molar-refractivity contribution in [3.8, 4) is 6.07 Å². The van der Waals surface area contributed by atoms with E-state index in [2.05, 4.69) is 21.0 Å². The number of hydrogen-bond donors (Lipinski definition) is 0. The smallest absolute Gasteiger partial charge is 0.231 e. The van der Waals surface area contributed by atoms with Gasteiger partial charge in [-0.1, -0.05) is 0 Å². The van der Waals surface area contributed by atoms with E-state index in [4.69, 9.17) is 16.9 Å². The minimum atomic E-state index is -0.0942. The van der Waals surface area contributed by atoms with Crippen LogP contribution in [-0.2, 0) is 0 Å². The molecular weight excluding hydrogens is 252 g/mol. The van der Waals surface area contributed by atoms with E-state index in [1.54, 1.807) is 4.90 Å². The zero-order chi connectivity index (χ0) is 13.7. The zero-order valence-corrected chi connectivity index (χ0v) is 11.8. The molecular formula is C11H17ClN6. The van der Waals surface area contributed by atoms with Gasteiger partial charge in [0, 0.05) is 27.2 Å². The van der Waals surface area contributed by atoms with Gasteiger partial charge in [0.1, 0.15) is 0 Å². The van der Waals surface area contributed by atoms with Gasteiger partial charge >= 0.3 is 0 Å². The number of halogens is 1. The van der Waals surface area contributed by atoms with Gasteiger partial charge in [-0.3, -0.25) is 0 Å². The maximum absolute atomic E-state index is 8.86. The Morgan fingerprint density at radius 1 is 1.28 bits per heavy atom. The highest BCUT2D eigenvalue weighted by atomic mass is 35.5. The molecule has 0 aliphatic heterocycles. The van der Waals surface area contributed by atoms with Crippen LogP contribution in [0.2, 0.25) is 5.28 Å². The van der Waals surface area contributed by atoms with Crippen molar-refractivity contribution in [1.29, 1.82) is 5.26 Å². The van der Waals surface area contributed by atoms with Crippen LogP contribution >= 0.6 is 11.6 Å². The fraction of sp³-hybridized carbons (Fsp3) is 0.636. The molecule has 1 heterocycles. The van der Waals surface area contributed by atoms with Crippen molar-refractivity contribution in [3.05, 3.63) is 5.28 Å². The molecule has 1 aromatic heterocycles. The van der Waals surface area contributed by atoms with Crippen LogP contribution in [0.5, 0.6) is 0 Å². The van der Waals surface area contributed by atoms with Crippen LogP contribution in [0, 0.1) is 17.2 Å². The van der Waals surface area contributed by atoms with Crippen LogP contribution in [0.4, 0.5) is 11.9 Å². The second-order valence-electron chi connectivity index (χ2n) is 4.17. The molecule has 98 valence electrons. The third kappa shape index (κ3) is 3.70. The van der Waals surface area contributed by atoms with Crippen LogP contribution in [0.1, 0.15) is 13.8 Å². The van der Waals surface area contributed by atoms with Gasteiger partial charge in [0.2, 0.25) is 17.2 Å². The van der Waals surface area contributed by atoms with Crippen LogP contribution in [0.25, 0.3) is 0 Å². The average molecular weight is 269 g/mol. The van der Waals surface area contributed by atoms with Gasteiger partial charge in [-0.2, -0.15) is 20.2 Å². The second-order valence-corrected chi connectivity index (χ2v) is 4.51. The monoisotopic (exact) mass is 268 g/mol. The van der Waals surface area contributed by atoms with Crippen molar-refractivity contribution >= 4 is 23.5 Å². The van der Waals surface area contributed by atoms with Gasteiger partial charge in [0.25, 0.3) is 0 Å². The van der Waals surface area contributed by atoms with Gasteiger partial charge in [-0.15, -0.1) is 0 Å². The lowest BCUT2D eigenvalue weighted by Gasteiger charge is -2.22. The quantitative estimate of drug-likeness (QED) is 0.808. The Hall–Kier alpha value is -1.61. The molecule has 18 heavy (non-hydrogen) atoms. The molecule has 0 N–H and O–H groups in total. The maximum Gasteiger partial charge on any atom is 0.231 e. The minimum Gasteiger partial charge on any atom is -0.347 e. The fourth-order valence-corrected chi connectivity index (χ4v) is 1.55. The highest BCUT2D eigenvalue weighted by Gasteiger charge is 2.14. The Morgan fingerprint density at radius 2 is 1.89 bits per heavy atom. The summed E-state index contributed by atoms with van der Waals surface area (Å²) in [6.45, 7) is 5.12. The van der Waals surface area contributed by atoms with Gasteiger partial charge in [-0.25, -0.2) is 0 Å². The summed E-state index contributed by atoms with van der Waals surface area (Å²) >= 11 is 5.88. The first-order valence-corrected chi connectivity index (χ1v) is 6.09. The molecule has 1 aromatic rings. The summed E-state index contributed by atoms with van der Waals surface area (Å²) in [5.41, 5.74) is 0. The van der Waals surface area contributed by atoms with Crippen molar-refractivity contribution in [2.75, 3.05) is 37.0 Å². The molecule has 7 heteroatoms. The second kappa shape index (κ2) is 6.36. The zero-order valence-electron chi connectivity index (χ0n) is 11.1. The minimum absolute atomic E-state index is 0.0942. The summed E-state index contributed by atoms with van der Waals surface area (Å²) < 4.78 is 0. The molecule has 6 nitrogen and oxygen atoms in total. The Bertz CT molecular complexity index is 442. The third-order valence-electron chi connectivity index (χ3n) is 2.36. The topological polar surface area (TPSA) is 68.9 Å². The summed E-state index contributed by atoms with van der Waals surface area (Å²) in [7, 11) is 3.67. The molecule has 0 aliphatic carbocycles. The van der Waals surface area contributed by atoms with Crippen LogP contribution in [-0.4, -0.2) is 42.1 Å². The number of aromatic nitrogens is 3. The van der Waals surface area contributed by atoms with Crippen LogP contribution in [0.3, 0.4) is 0 Å². The molecule has 1 atom stereocenters. The SMILES string of the molecule is CCN(CC(C)C#N)c1nc(Cl)nc(N(C)C)n1. The van der Waals surface area contributed by atoms with Crippen LogP contribution in [0.15, 0.2) is 0 Å². The van der Waals surface area contributed by atoms with Crippen molar-refractivity contribution in [2.45, 2.75) is 13.8 Å². The fourth-order valence-electron chi connectivity index (χ4n) is 1.39.